The zero-order valence-electron chi connectivity index (χ0n) is 12.4. The zero-order chi connectivity index (χ0) is 16.7. The van der Waals surface area contributed by atoms with Crippen LogP contribution in [0.3, 0.4) is 0 Å². The third-order valence-corrected chi connectivity index (χ3v) is 3.42. The Kier molecular flexibility index (Phi) is 5.56. The quantitative estimate of drug-likeness (QED) is 0.690. The van der Waals surface area contributed by atoms with Crippen LogP contribution in [0.2, 0.25) is 0 Å². The first-order chi connectivity index (χ1) is 11.1. The van der Waals surface area contributed by atoms with Crippen molar-refractivity contribution in [3.63, 3.8) is 0 Å². The van der Waals surface area contributed by atoms with Crippen molar-refractivity contribution in [2.75, 3.05) is 23.8 Å². The molecule has 1 aromatic carbocycles. The summed E-state index contributed by atoms with van der Waals surface area (Å²) >= 11 is 0. The zero-order valence-corrected chi connectivity index (χ0v) is 12.4. The first kappa shape index (κ1) is 16.3. The second-order valence-corrected chi connectivity index (χ2v) is 5.01. The van der Waals surface area contributed by atoms with Crippen molar-refractivity contribution in [1.29, 1.82) is 10.5 Å². The van der Waals surface area contributed by atoms with Crippen molar-refractivity contribution in [2.45, 2.75) is 18.9 Å². The predicted octanol–water partition coefficient (Wildman–Crippen LogP) is 2.32. The summed E-state index contributed by atoms with van der Waals surface area (Å²) < 4.78 is 5.53. The van der Waals surface area contributed by atoms with Crippen LogP contribution < -0.4 is 10.6 Å². The van der Waals surface area contributed by atoms with Crippen LogP contribution in [0.4, 0.5) is 11.4 Å². The van der Waals surface area contributed by atoms with Gasteiger partial charge in [0.15, 0.2) is 0 Å². The molecule has 1 aliphatic heterocycles. The topological polar surface area (TPSA) is 118 Å². The second kappa shape index (κ2) is 7.83. The van der Waals surface area contributed by atoms with E-state index in [1.54, 1.807) is 18.2 Å². The molecule has 1 aromatic rings. The maximum Gasteiger partial charge on any atom is 0.335 e. The highest BCUT2D eigenvalue weighted by Crippen LogP contribution is 2.25. The third kappa shape index (κ3) is 4.47. The summed E-state index contributed by atoms with van der Waals surface area (Å²) in [5.74, 6) is -1.05. The Morgan fingerprint density at radius 1 is 1.39 bits per heavy atom. The van der Waals surface area contributed by atoms with Crippen LogP contribution in [-0.4, -0.2) is 30.3 Å². The molecule has 0 saturated carbocycles. The van der Waals surface area contributed by atoms with Crippen LogP contribution in [0.5, 0.6) is 0 Å². The fraction of sp³-hybridized carbons (Fsp3) is 0.312. The minimum Gasteiger partial charge on any atom is -0.478 e. The Bertz CT molecular complexity index is 678. The molecule has 118 valence electrons. The molecule has 1 aliphatic rings. The highest BCUT2D eigenvalue weighted by atomic mass is 16.5. The van der Waals surface area contributed by atoms with Gasteiger partial charge < -0.3 is 20.5 Å². The number of aromatic carboxylic acids is 1. The van der Waals surface area contributed by atoms with Crippen molar-refractivity contribution in [2.24, 2.45) is 0 Å². The minimum atomic E-state index is -1.05. The molecule has 7 heteroatoms. The number of nitrogens with one attached hydrogen (secondary N) is 2. The SMILES string of the molecule is N#CC(C#N)=CNc1cc(C(=O)O)ccc1NCC1CCCO1. The lowest BCUT2D eigenvalue weighted by Gasteiger charge is -2.15. The van der Waals surface area contributed by atoms with Gasteiger partial charge in [0.25, 0.3) is 0 Å². The first-order valence-electron chi connectivity index (χ1n) is 7.13. The lowest BCUT2D eigenvalue weighted by molar-refractivity contribution is 0.0697. The number of carbonyl (C=O) groups is 1. The number of rotatable bonds is 6. The molecule has 0 spiro atoms. The maximum atomic E-state index is 11.1. The maximum absolute atomic E-state index is 11.1. The van der Waals surface area contributed by atoms with Crippen molar-refractivity contribution in [1.82, 2.24) is 0 Å². The van der Waals surface area contributed by atoms with Gasteiger partial charge in [-0.1, -0.05) is 0 Å². The Morgan fingerprint density at radius 3 is 2.78 bits per heavy atom. The molecule has 0 radical (unpaired) electrons. The molecular weight excluding hydrogens is 296 g/mol. The van der Waals surface area contributed by atoms with Crippen molar-refractivity contribution in [3.05, 3.63) is 35.5 Å². The predicted molar refractivity (Wildman–Crippen MR) is 83.8 cm³/mol. The van der Waals surface area contributed by atoms with Gasteiger partial charge in [-0.3, -0.25) is 0 Å². The van der Waals surface area contributed by atoms with Gasteiger partial charge in [0, 0.05) is 19.4 Å². The van der Waals surface area contributed by atoms with E-state index in [9.17, 15) is 4.79 Å². The van der Waals surface area contributed by atoms with Crippen LogP contribution in [0.1, 0.15) is 23.2 Å². The molecule has 1 fully saturated rings. The van der Waals surface area contributed by atoms with Gasteiger partial charge in [0.2, 0.25) is 0 Å². The van der Waals surface area contributed by atoms with E-state index >= 15 is 0 Å². The minimum absolute atomic E-state index is 0.101. The number of nitriles is 2. The third-order valence-electron chi connectivity index (χ3n) is 3.42. The van der Waals surface area contributed by atoms with Gasteiger partial charge in [0.1, 0.15) is 17.7 Å². The van der Waals surface area contributed by atoms with Gasteiger partial charge in [-0.25, -0.2) is 4.79 Å². The average Bonchev–Trinajstić information content (AvgIpc) is 3.07. The average molecular weight is 312 g/mol. The molecule has 23 heavy (non-hydrogen) atoms. The van der Waals surface area contributed by atoms with E-state index in [0.717, 1.165) is 19.4 Å². The lowest BCUT2D eigenvalue weighted by Crippen LogP contribution is -2.19. The number of allylic oxidation sites excluding steroid dienone is 1. The van der Waals surface area contributed by atoms with Gasteiger partial charge in [0.05, 0.1) is 23.0 Å². The molecule has 0 bridgehead atoms. The normalized spacial score (nSPS) is 16.0. The summed E-state index contributed by atoms with van der Waals surface area (Å²) in [6.45, 7) is 1.36. The molecule has 1 saturated heterocycles. The van der Waals surface area contributed by atoms with E-state index in [0.29, 0.717) is 17.9 Å². The van der Waals surface area contributed by atoms with E-state index in [4.69, 9.17) is 20.4 Å². The van der Waals surface area contributed by atoms with Crippen LogP contribution in [0.15, 0.2) is 30.0 Å². The smallest absolute Gasteiger partial charge is 0.335 e. The summed E-state index contributed by atoms with van der Waals surface area (Å²) in [5, 5.41) is 32.6. The standard InChI is InChI=1S/C16H16N4O3/c17-7-11(8-18)9-19-15-6-12(16(21)22)3-4-14(15)20-10-13-2-1-5-23-13/h3-4,6,9,13,19-20H,1-2,5,10H2,(H,21,22). The fourth-order valence-electron chi connectivity index (χ4n) is 2.22. The fourth-order valence-corrected chi connectivity index (χ4v) is 2.22. The number of nitrogens with zero attached hydrogens (tertiary/aromatic N) is 2. The number of hydrogen-bond donors (Lipinski definition) is 3. The van der Waals surface area contributed by atoms with Crippen LogP contribution in [-0.2, 0) is 4.74 Å². The van der Waals surface area contributed by atoms with E-state index in [2.05, 4.69) is 10.6 Å². The summed E-state index contributed by atoms with van der Waals surface area (Å²) in [4.78, 5) is 11.1. The van der Waals surface area contributed by atoms with E-state index in [1.807, 2.05) is 0 Å². The van der Waals surface area contributed by atoms with Crippen molar-refractivity contribution >= 4 is 17.3 Å². The van der Waals surface area contributed by atoms with E-state index in [-0.39, 0.29) is 17.2 Å². The summed E-state index contributed by atoms with van der Waals surface area (Å²) in [5.41, 5.74) is 1.16. The molecule has 3 N–H and O–H groups in total. The molecule has 1 heterocycles. The number of ether oxygens (including phenoxy) is 1. The summed E-state index contributed by atoms with van der Waals surface area (Å²) in [6, 6.07) is 8.06. The number of anilines is 2. The molecular formula is C16H16N4O3. The van der Waals surface area contributed by atoms with Gasteiger partial charge >= 0.3 is 5.97 Å². The Labute approximate surface area is 133 Å². The van der Waals surface area contributed by atoms with E-state index in [1.165, 1.54) is 18.3 Å². The number of benzene rings is 1. The van der Waals surface area contributed by atoms with E-state index < -0.39 is 5.97 Å². The van der Waals surface area contributed by atoms with Crippen molar-refractivity contribution in [3.8, 4) is 12.1 Å². The number of hydrogen-bond acceptors (Lipinski definition) is 6. The van der Waals surface area contributed by atoms with Crippen LogP contribution >= 0.6 is 0 Å². The second-order valence-electron chi connectivity index (χ2n) is 5.01. The Morgan fingerprint density at radius 2 is 2.17 bits per heavy atom. The molecule has 1 atom stereocenters. The highest BCUT2D eigenvalue weighted by molar-refractivity contribution is 5.91. The van der Waals surface area contributed by atoms with Gasteiger partial charge in [-0.2, -0.15) is 10.5 Å². The van der Waals surface area contributed by atoms with Gasteiger partial charge in [-0.15, -0.1) is 0 Å². The van der Waals surface area contributed by atoms with Crippen molar-refractivity contribution < 1.29 is 14.6 Å². The molecule has 0 aromatic heterocycles. The summed E-state index contributed by atoms with van der Waals surface area (Å²) in [7, 11) is 0. The van der Waals surface area contributed by atoms with Crippen LogP contribution in [0, 0.1) is 22.7 Å². The highest BCUT2D eigenvalue weighted by Gasteiger charge is 2.16. The number of carboxylic acids is 1. The molecule has 0 aliphatic carbocycles. The Balaban J connectivity index is 2.18. The summed E-state index contributed by atoms with van der Waals surface area (Å²) in [6.07, 6.45) is 3.39. The molecule has 1 unspecified atom stereocenters. The number of carboxylic acid groups (broad SMARTS) is 1. The molecule has 2 rings (SSSR count). The first-order valence-corrected chi connectivity index (χ1v) is 7.13. The van der Waals surface area contributed by atoms with Crippen LogP contribution in [0.25, 0.3) is 0 Å². The van der Waals surface area contributed by atoms with Gasteiger partial charge in [-0.05, 0) is 31.0 Å². The molecule has 7 nitrogen and oxygen atoms in total. The largest absolute Gasteiger partial charge is 0.478 e. The lowest BCUT2D eigenvalue weighted by atomic mass is 10.1. The Hall–Kier alpha value is -3.03. The monoisotopic (exact) mass is 312 g/mol. The molecule has 0 amide bonds.